The van der Waals surface area contributed by atoms with Crippen LogP contribution in [-0.4, -0.2) is 30.4 Å². The fourth-order valence-electron chi connectivity index (χ4n) is 4.72. The second-order valence-electron chi connectivity index (χ2n) is 9.11. The van der Waals surface area contributed by atoms with Gasteiger partial charge in [-0.2, -0.15) is 0 Å². The summed E-state index contributed by atoms with van der Waals surface area (Å²) in [6.07, 6.45) is 3.07. The first-order chi connectivity index (χ1) is 15.4. The van der Waals surface area contributed by atoms with Crippen LogP contribution in [0.25, 0.3) is 0 Å². The highest BCUT2D eigenvalue weighted by molar-refractivity contribution is 6.30. The maximum Gasteiger partial charge on any atom is 0.220 e. The summed E-state index contributed by atoms with van der Waals surface area (Å²) < 4.78 is 0. The number of benzene rings is 2. The van der Waals surface area contributed by atoms with Crippen molar-refractivity contribution in [2.45, 2.75) is 50.6 Å². The number of carbonyl (C=O) groups excluding carboxylic acids is 2. The minimum atomic E-state index is -0.341. The lowest BCUT2D eigenvalue weighted by atomic mass is 9.84. The Hall–Kier alpha value is -2.41. The van der Waals surface area contributed by atoms with E-state index in [2.05, 4.69) is 52.7 Å². The van der Waals surface area contributed by atoms with Crippen LogP contribution in [0.3, 0.4) is 0 Å². The molecule has 0 aromatic heterocycles. The first kappa shape index (κ1) is 22.8. The number of carbonyl (C=O) groups is 2. The topological polar surface area (TPSA) is 82.3 Å². The molecule has 2 aliphatic rings. The van der Waals surface area contributed by atoms with E-state index in [0.717, 1.165) is 24.9 Å². The van der Waals surface area contributed by atoms with Crippen LogP contribution >= 0.6 is 11.6 Å². The molecular formula is C25H31ClN4O2. The first-order valence-electron chi connectivity index (χ1n) is 11.3. The van der Waals surface area contributed by atoms with Gasteiger partial charge in [0.15, 0.2) is 0 Å². The highest BCUT2D eigenvalue weighted by Crippen LogP contribution is 2.30. The maximum atomic E-state index is 12.7. The molecule has 7 heteroatoms. The molecule has 0 saturated carbocycles. The summed E-state index contributed by atoms with van der Waals surface area (Å²) >= 11 is 6.01. The highest BCUT2D eigenvalue weighted by Gasteiger charge is 2.38. The van der Waals surface area contributed by atoms with Gasteiger partial charge in [-0.1, -0.05) is 53.6 Å². The largest absolute Gasteiger partial charge is 0.356 e. The Morgan fingerprint density at radius 2 is 1.91 bits per heavy atom. The Kier molecular flexibility index (Phi) is 7.13. The van der Waals surface area contributed by atoms with Crippen molar-refractivity contribution in [1.29, 1.82) is 0 Å². The third-order valence-electron chi connectivity index (χ3n) is 6.61. The number of aryl methyl sites for hydroxylation is 1. The third kappa shape index (κ3) is 5.68. The molecule has 2 aromatic carbocycles. The van der Waals surface area contributed by atoms with E-state index in [1.807, 2.05) is 24.3 Å². The molecule has 170 valence electrons. The lowest BCUT2D eigenvalue weighted by Crippen LogP contribution is -2.44. The molecule has 0 radical (unpaired) electrons. The number of nitrogens with one attached hydrogen (secondary N) is 4. The normalized spacial score (nSPS) is 25.0. The summed E-state index contributed by atoms with van der Waals surface area (Å²) in [4.78, 5) is 24.7. The van der Waals surface area contributed by atoms with E-state index in [0.29, 0.717) is 30.8 Å². The van der Waals surface area contributed by atoms with Crippen molar-refractivity contribution in [2.75, 3.05) is 13.1 Å². The van der Waals surface area contributed by atoms with Crippen LogP contribution in [0.4, 0.5) is 0 Å². The van der Waals surface area contributed by atoms with Gasteiger partial charge in [0.2, 0.25) is 11.8 Å². The van der Waals surface area contributed by atoms with Crippen molar-refractivity contribution < 1.29 is 9.59 Å². The second-order valence-corrected chi connectivity index (χ2v) is 9.55. The van der Waals surface area contributed by atoms with E-state index in [9.17, 15) is 9.59 Å². The van der Waals surface area contributed by atoms with Crippen LogP contribution in [0, 0.1) is 12.8 Å². The van der Waals surface area contributed by atoms with Gasteiger partial charge >= 0.3 is 0 Å². The number of hydrogen-bond acceptors (Lipinski definition) is 4. The predicted molar refractivity (Wildman–Crippen MR) is 126 cm³/mol. The molecule has 0 spiro atoms. The maximum absolute atomic E-state index is 12.7. The fourth-order valence-corrected chi connectivity index (χ4v) is 4.84. The van der Waals surface area contributed by atoms with E-state index >= 15 is 0 Å². The zero-order chi connectivity index (χ0) is 22.6. The van der Waals surface area contributed by atoms with E-state index < -0.39 is 0 Å². The van der Waals surface area contributed by atoms with Gasteiger partial charge in [0.25, 0.3) is 0 Å². The molecule has 3 unspecified atom stereocenters. The summed E-state index contributed by atoms with van der Waals surface area (Å²) in [6, 6.07) is 16.3. The smallest absolute Gasteiger partial charge is 0.220 e. The standard InChI is InChI=1S/C25H31ClN4O2/c1-17-2-4-18(5-3-17)14-25(13-11-23(32)29-25)12-10-22(31)27-15-20-16-28-30-24(20)19-6-8-21(26)9-7-19/h2-9,20,24,28,30H,10-16H2,1H3,(H,27,31)(H,29,32). The minimum Gasteiger partial charge on any atom is -0.356 e. The molecule has 2 fully saturated rings. The van der Waals surface area contributed by atoms with Crippen LogP contribution in [0.15, 0.2) is 48.5 Å². The monoisotopic (exact) mass is 454 g/mol. The molecule has 2 aromatic rings. The van der Waals surface area contributed by atoms with Crippen molar-refractivity contribution in [2.24, 2.45) is 5.92 Å². The molecule has 4 rings (SSSR count). The molecule has 0 aliphatic carbocycles. The molecule has 2 saturated heterocycles. The lowest BCUT2D eigenvalue weighted by molar-refractivity contribution is -0.122. The van der Waals surface area contributed by atoms with E-state index in [4.69, 9.17) is 11.6 Å². The number of hydrogen-bond donors (Lipinski definition) is 4. The lowest BCUT2D eigenvalue weighted by Gasteiger charge is -2.29. The Balaban J connectivity index is 1.31. The fraction of sp³-hybridized carbons (Fsp3) is 0.440. The van der Waals surface area contributed by atoms with Gasteiger partial charge in [0.1, 0.15) is 0 Å². The summed E-state index contributed by atoms with van der Waals surface area (Å²) in [7, 11) is 0. The van der Waals surface area contributed by atoms with E-state index in [1.165, 1.54) is 11.1 Å². The van der Waals surface area contributed by atoms with Crippen molar-refractivity contribution in [3.63, 3.8) is 0 Å². The third-order valence-corrected chi connectivity index (χ3v) is 6.86. The molecule has 0 bridgehead atoms. The van der Waals surface area contributed by atoms with Crippen molar-refractivity contribution in [3.8, 4) is 0 Å². The number of amides is 2. The molecular weight excluding hydrogens is 424 g/mol. The van der Waals surface area contributed by atoms with Crippen LogP contribution in [-0.2, 0) is 16.0 Å². The molecule has 6 nitrogen and oxygen atoms in total. The number of rotatable bonds is 8. The molecule has 3 atom stereocenters. The van der Waals surface area contributed by atoms with Gasteiger partial charge in [-0.3, -0.25) is 15.0 Å². The van der Waals surface area contributed by atoms with E-state index in [1.54, 1.807) is 0 Å². The average Bonchev–Trinajstić information content (AvgIpc) is 3.40. The van der Waals surface area contributed by atoms with Crippen LogP contribution in [0.5, 0.6) is 0 Å². The van der Waals surface area contributed by atoms with Crippen LogP contribution in [0.1, 0.15) is 48.4 Å². The van der Waals surface area contributed by atoms with E-state index in [-0.39, 0.29) is 29.3 Å². The Morgan fingerprint density at radius 3 is 2.59 bits per heavy atom. The zero-order valence-electron chi connectivity index (χ0n) is 18.4. The summed E-state index contributed by atoms with van der Waals surface area (Å²) in [5.41, 5.74) is 9.69. The van der Waals surface area contributed by atoms with Gasteiger partial charge in [-0.15, -0.1) is 0 Å². The zero-order valence-corrected chi connectivity index (χ0v) is 19.2. The van der Waals surface area contributed by atoms with Gasteiger partial charge in [0, 0.05) is 42.4 Å². The second kappa shape index (κ2) is 10.0. The van der Waals surface area contributed by atoms with Crippen molar-refractivity contribution >= 4 is 23.4 Å². The number of hydrazine groups is 1. The van der Waals surface area contributed by atoms with Crippen molar-refractivity contribution in [3.05, 3.63) is 70.2 Å². The minimum absolute atomic E-state index is 0.0242. The average molecular weight is 455 g/mol. The highest BCUT2D eigenvalue weighted by atomic mass is 35.5. The Bertz CT molecular complexity index is 947. The van der Waals surface area contributed by atoms with Crippen molar-refractivity contribution in [1.82, 2.24) is 21.5 Å². The van der Waals surface area contributed by atoms with Gasteiger partial charge in [-0.25, -0.2) is 5.43 Å². The van der Waals surface area contributed by atoms with Gasteiger partial charge in [-0.05, 0) is 49.4 Å². The van der Waals surface area contributed by atoms with Crippen LogP contribution < -0.4 is 21.5 Å². The Labute approximate surface area is 194 Å². The summed E-state index contributed by atoms with van der Waals surface area (Å²) in [6.45, 7) is 3.43. The summed E-state index contributed by atoms with van der Waals surface area (Å²) in [5.74, 6) is 0.343. The molecule has 2 amide bonds. The SMILES string of the molecule is Cc1ccc(CC2(CCC(=O)NCC3CNNC3c3ccc(Cl)cc3)CCC(=O)N2)cc1. The molecule has 2 heterocycles. The first-order valence-corrected chi connectivity index (χ1v) is 11.7. The molecule has 32 heavy (non-hydrogen) atoms. The predicted octanol–water partition coefficient (Wildman–Crippen LogP) is 3.20. The quantitative estimate of drug-likeness (QED) is 0.493. The number of halogens is 1. The van der Waals surface area contributed by atoms with Crippen LogP contribution in [0.2, 0.25) is 5.02 Å². The van der Waals surface area contributed by atoms with Gasteiger partial charge in [0.05, 0.1) is 6.04 Å². The van der Waals surface area contributed by atoms with Gasteiger partial charge < -0.3 is 10.6 Å². The molecule has 2 aliphatic heterocycles. The molecule has 4 N–H and O–H groups in total. The Morgan fingerprint density at radius 1 is 1.16 bits per heavy atom. The summed E-state index contributed by atoms with van der Waals surface area (Å²) in [5, 5.41) is 6.98.